The van der Waals surface area contributed by atoms with E-state index in [9.17, 15) is 9.90 Å². The van der Waals surface area contributed by atoms with Crippen LogP contribution in [-0.2, 0) is 14.9 Å². The van der Waals surface area contributed by atoms with Gasteiger partial charge in [0.05, 0.1) is 7.11 Å². The Bertz CT molecular complexity index is 497. The minimum atomic E-state index is -0.132. The molecule has 0 heterocycles. The molecule has 2 rings (SSSR count). The number of rotatable bonds is 2. The SMILES string of the molecule is CC(=O)OC1CCCCC1.COc1ccc(O)c(C(C)(C)C)c1. The zero-order chi connectivity index (χ0) is 17.5. The van der Waals surface area contributed by atoms with Gasteiger partial charge in [-0.1, -0.05) is 27.2 Å². The molecule has 4 nitrogen and oxygen atoms in total. The van der Waals surface area contributed by atoms with E-state index in [2.05, 4.69) is 20.8 Å². The molecule has 0 atom stereocenters. The number of aromatic hydroxyl groups is 1. The van der Waals surface area contributed by atoms with Gasteiger partial charge in [-0.3, -0.25) is 4.79 Å². The van der Waals surface area contributed by atoms with E-state index in [-0.39, 0.29) is 17.5 Å². The number of carbonyl (C=O) groups excluding carboxylic acids is 1. The van der Waals surface area contributed by atoms with E-state index in [1.807, 2.05) is 6.07 Å². The number of methoxy groups -OCH3 is 1. The highest BCUT2D eigenvalue weighted by molar-refractivity contribution is 5.66. The maximum Gasteiger partial charge on any atom is 0.302 e. The maximum atomic E-state index is 10.5. The molecule has 1 aromatic rings. The first kappa shape index (κ1) is 19.3. The van der Waals surface area contributed by atoms with Crippen LogP contribution in [0.5, 0.6) is 11.5 Å². The lowest BCUT2D eigenvalue weighted by molar-refractivity contribution is -0.147. The van der Waals surface area contributed by atoms with Crippen molar-refractivity contribution in [3.8, 4) is 11.5 Å². The molecule has 1 saturated carbocycles. The summed E-state index contributed by atoms with van der Waals surface area (Å²) in [6.07, 6.45) is 6.11. The lowest BCUT2D eigenvalue weighted by Gasteiger charge is -2.20. The molecular weight excluding hydrogens is 292 g/mol. The van der Waals surface area contributed by atoms with Crippen LogP contribution in [0.15, 0.2) is 18.2 Å². The first-order chi connectivity index (χ1) is 10.7. The van der Waals surface area contributed by atoms with Gasteiger partial charge in [0.25, 0.3) is 0 Å². The van der Waals surface area contributed by atoms with Crippen molar-refractivity contribution in [1.82, 2.24) is 0 Å². The molecule has 0 saturated heterocycles. The summed E-state index contributed by atoms with van der Waals surface area (Å²) in [5.41, 5.74) is 0.852. The molecule has 0 spiro atoms. The molecule has 0 unspecified atom stereocenters. The number of phenolic OH excluding ortho intramolecular Hbond substituents is 1. The zero-order valence-corrected chi connectivity index (χ0v) is 15.0. The molecule has 0 bridgehead atoms. The summed E-state index contributed by atoms with van der Waals surface area (Å²) >= 11 is 0. The Balaban J connectivity index is 0.000000238. The Kier molecular flexibility index (Phi) is 7.40. The summed E-state index contributed by atoms with van der Waals surface area (Å²) in [6, 6.07) is 5.29. The Labute approximate surface area is 139 Å². The standard InChI is InChI=1S/C11H16O2.C8H14O2/c1-11(2,3)9-7-8(13-4)5-6-10(9)12;1-7(9)10-8-5-3-2-4-6-8/h5-7,12H,1-4H3;8H,2-6H2,1H3. The van der Waals surface area contributed by atoms with Crippen molar-refractivity contribution < 1.29 is 19.4 Å². The lowest BCUT2D eigenvalue weighted by Crippen LogP contribution is -2.18. The fourth-order valence-electron chi connectivity index (χ4n) is 2.66. The van der Waals surface area contributed by atoms with Crippen molar-refractivity contribution in [1.29, 1.82) is 0 Å². The van der Waals surface area contributed by atoms with Crippen LogP contribution < -0.4 is 4.74 Å². The molecule has 1 fully saturated rings. The average Bonchev–Trinajstić information content (AvgIpc) is 2.47. The lowest BCUT2D eigenvalue weighted by atomic mass is 9.86. The third kappa shape index (κ3) is 6.93. The van der Waals surface area contributed by atoms with E-state index in [1.165, 1.54) is 26.2 Å². The summed E-state index contributed by atoms with van der Waals surface area (Å²) in [5.74, 6) is 0.975. The number of esters is 1. The van der Waals surface area contributed by atoms with Crippen molar-refractivity contribution in [2.45, 2.75) is 71.3 Å². The van der Waals surface area contributed by atoms with Gasteiger partial charge in [0.15, 0.2) is 0 Å². The van der Waals surface area contributed by atoms with Crippen LogP contribution in [0, 0.1) is 0 Å². The highest BCUT2D eigenvalue weighted by Gasteiger charge is 2.18. The molecule has 0 radical (unpaired) electrons. The first-order valence-electron chi connectivity index (χ1n) is 8.28. The van der Waals surface area contributed by atoms with Crippen molar-refractivity contribution >= 4 is 5.97 Å². The van der Waals surface area contributed by atoms with E-state index in [0.717, 1.165) is 24.2 Å². The van der Waals surface area contributed by atoms with Crippen LogP contribution in [0.3, 0.4) is 0 Å². The Morgan fingerprint density at radius 3 is 2.26 bits per heavy atom. The quantitative estimate of drug-likeness (QED) is 0.810. The molecule has 0 amide bonds. The topological polar surface area (TPSA) is 55.8 Å². The van der Waals surface area contributed by atoms with Crippen molar-refractivity contribution in [2.75, 3.05) is 7.11 Å². The number of ether oxygens (including phenoxy) is 2. The van der Waals surface area contributed by atoms with Crippen LogP contribution >= 0.6 is 0 Å². The van der Waals surface area contributed by atoms with Crippen LogP contribution in [0.25, 0.3) is 0 Å². The smallest absolute Gasteiger partial charge is 0.302 e. The molecule has 1 aliphatic rings. The predicted octanol–water partition coefficient (Wildman–Crippen LogP) is 4.58. The van der Waals surface area contributed by atoms with Gasteiger partial charge < -0.3 is 14.6 Å². The normalized spacial score (nSPS) is 15.3. The molecule has 23 heavy (non-hydrogen) atoms. The van der Waals surface area contributed by atoms with Gasteiger partial charge in [-0.2, -0.15) is 0 Å². The van der Waals surface area contributed by atoms with Gasteiger partial charge in [-0.25, -0.2) is 0 Å². The molecular formula is C19H30O4. The second-order valence-electron chi connectivity index (χ2n) is 7.00. The second-order valence-corrected chi connectivity index (χ2v) is 7.00. The highest BCUT2D eigenvalue weighted by atomic mass is 16.5. The van der Waals surface area contributed by atoms with Crippen molar-refractivity contribution in [2.24, 2.45) is 0 Å². The summed E-state index contributed by atoms with van der Waals surface area (Å²) in [5, 5.41) is 9.61. The van der Waals surface area contributed by atoms with Crippen LogP contribution in [0.2, 0.25) is 0 Å². The number of hydrogen-bond donors (Lipinski definition) is 1. The Hall–Kier alpha value is -1.71. The zero-order valence-electron chi connectivity index (χ0n) is 15.0. The fourth-order valence-corrected chi connectivity index (χ4v) is 2.66. The summed E-state index contributed by atoms with van der Waals surface area (Å²) < 4.78 is 10.1. The summed E-state index contributed by atoms with van der Waals surface area (Å²) in [7, 11) is 1.62. The van der Waals surface area contributed by atoms with Gasteiger partial charge >= 0.3 is 5.97 Å². The maximum absolute atomic E-state index is 10.5. The number of benzene rings is 1. The van der Waals surface area contributed by atoms with Crippen LogP contribution in [0.4, 0.5) is 0 Å². The van der Waals surface area contributed by atoms with Crippen molar-refractivity contribution in [3.05, 3.63) is 23.8 Å². The Morgan fingerprint density at radius 2 is 1.78 bits per heavy atom. The van der Waals surface area contributed by atoms with Crippen LogP contribution in [0.1, 0.15) is 65.4 Å². The number of phenols is 1. The molecule has 1 aromatic carbocycles. The number of carbonyl (C=O) groups is 1. The third-order valence-corrected chi connectivity index (χ3v) is 3.90. The average molecular weight is 322 g/mol. The summed E-state index contributed by atoms with van der Waals surface area (Å²) in [6.45, 7) is 7.65. The van der Waals surface area contributed by atoms with Gasteiger partial charge in [-0.15, -0.1) is 0 Å². The third-order valence-electron chi connectivity index (χ3n) is 3.90. The molecule has 0 aromatic heterocycles. The minimum Gasteiger partial charge on any atom is -0.508 e. The van der Waals surface area contributed by atoms with E-state index in [4.69, 9.17) is 9.47 Å². The highest BCUT2D eigenvalue weighted by Crippen LogP contribution is 2.33. The van der Waals surface area contributed by atoms with E-state index in [0.29, 0.717) is 5.75 Å². The predicted molar refractivity (Wildman–Crippen MR) is 92.0 cm³/mol. The summed E-state index contributed by atoms with van der Waals surface area (Å²) in [4.78, 5) is 10.5. The van der Waals surface area contributed by atoms with Gasteiger partial charge in [0, 0.05) is 12.5 Å². The van der Waals surface area contributed by atoms with E-state index >= 15 is 0 Å². The van der Waals surface area contributed by atoms with E-state index in [1.54, 1.807) is 19.2 Å². The number of hydrogen-bond acceptors (Lipinski definition) is 4. The van der Waals surface area contributed by atoms with E-state index < -0.39 is 0 Å². The Morgan fingerprint density at radius 1 is 1.17 bits per heavy atom. The largest absolute Gasteiger partial charge is 0.508 e. The van der Waals surface area contributed by atoms with Crippen molar-refractivity contribution in [3.63, 3.8) is 0 Å². The van der Waals surface area contributed by atoms with Gasteiger partial charge in [0.1, 0.15) is 17.6 Å². The van der Waals surface area contributed by atoms with Gasteiger partial charge in [-0.05, 0) is 49.3 Å². The minimum absolute atomic E-state index is 0.0569. The van der Waals surface area contributed by atoms with Gasteiger partial charge in [0.2, 0.25) is 0 Å². The molecule has 130 valence electrons. The molecule has 1 N–H and O–H groups in total. The first-order valence-corrected chi connectivity index (χ1v) is 8.28. The fraction of sp³-hybridized carbons (Fsp3) is 0.632. The molecule has 1 aliphatic carbocycles. The molecule has 0 aliphatic heterocycles. The second kappa shape index (κ2) is 8.80. The molecule has 4 heteroatoms. The monoisotopic (exact) mass is 322 g/mol. The van der Waals surface area contributed by atoms with Crippen LogP contribution in [-0.4, -0.2) is 24.3 Å².